The minimum Gasteiger partial charge on any atom is -0.391 e. The van der Waals surface area contributed by atoms with Crippen molar-refractivity contribution in [1.82, 2.24) is 0 Å². The molecule has 3 atom stereocenters. The van der Waals surface area contributed by atoms with Crippen LogP contribution in [0.2, 0.25) is 0 Å². The molecule has 0 bridgehead atoms. The lowest BCUT2D eigenvalue weighted by atomic mass is 9.64. The maximum atomic E-state index is 13.3. The molecule has 2 aromatic rings. The van der Waals surface area contributed by atoms with Crippen LogP contribution < -0.4 is 0 Å². The summed E-state index contributed by atoms with van der Waals surface area (Å²) in [5, 5.41) is 10.8. The molecule has 23 heavy (non-hydrogen) atoms. The highest BCUT2D eigenvalue weighted by Gasteiger charge is 2.57. The van der Waals surface area contributed by atoms with Crippen molar-refractivity contribution in [3.8, 4) is 0 Å². The van der Waals surface area contributed by atoms with Crippen LogP contribution in [-0.2, 0) is 6.42 Å². The minimum absolute atomic E-state index is 0.0199. The maximum absolute atomic E-state index is 13.3. The molecule has 0 aromatic heterocycles. The smallest absolute Gasteiger partial charge is 0.173 e. The van der Waals surface area contributed by atoms with E-state index in [1.54, 1.807) is 11.8 Å². The van der Waals surface area contributed by atoms with Crippen LogP contribution in [0.15, 0.2) is 53.0 Å². The average molecular weight is 389 g/mol. The number of aliphatic hydroxyl groups is 1. The lowest BCUT2D eigenvalue weighted by molar-refractivity contribution is 0.0325. The van der Waals surface area contributed by atoms with Gasteiger partial charge in [0.05, 0.1) is 11.5 Å². The fourth-order valence-corrected chi connectivity index (χ4v) is 5.89. The van der Waals surface area contributed by atoms with Gasteiger partial charge in [-0.05, 0) is 36.1 Å². The van der Waals surface area contributed by atoms with Gasteiger partial charge in [0.1, 0.15) is 0 Å². The zero-order chi connectivity index (χ0) is 16.0. The van der Waals surface area contributed by atoms with Gasteiger partial charge in [-0.3, -0.25) is 4.79 Å². The van der Waals surface area contributed by atoms with Crippen molar-refractivity contribution >= 4 is 33.5 Å². The van der Waals surface area contributed by atoms with Gasteiger partial charge in [-0.2, -0.15) is 0 Å². The average Bonchev–Trinajstić information content (AvgIpc) is 2.90. The second-order valence-electron chi connectivity index (χ2n) is 6.31. The third-order valence-electron chi connectivity index (χ3n) is 5.15. The summed E-state index contributed by atoms with van der Waals surface area (Å²) in [6, 6.07) is 16.0. The molecule has 118 valence electrons. The number of aliphatic hydroxyl groups excluding tert-OH is 1. The van der Waals surface area contributed by atoms with Crippen LogP contribution in [0.4, 0.5) is 0 Å². The Kier molecular flexibility index (Phi) is 3.87. The van der Waals surface area contributed by atoms with Gasteiger partial charge < -0.3 is 5.11 Å². The Hall–Kier alpha value is -1.10. The number of carbonyl (C=O) groups excluding carboxylic acids is 1. The lowest BCUT2D eigenvalue weighted by Gasteiger charge is -2.40. The standard InChI is InChI=1S/C19H17BrO2S/c20-14-7-5-13(6-8-14)18-19(16(21)11-23-18)10-9-12-3-1-2-4-15(12)17(19)22/h1-8,16,18,21H,9-11H2/t16-,18+,19+/m0/s1. The largest absolute Gasteiger partial charge is 0.391 e. The maximum Gasteiger partial charge on any atom is 0.173 e. The summed E-state index contributed by atoms with van der Waals surface area (Å²) in [6.07, 6.45) is 0.992. The molecule has 1 spiro atoms. The number of hydrogen-bond acceptors (Lipinski definition) is 3. The Morgan fingerprint density at radius 1 is 1.13 bits per heavy atom. The normalized spacial score (nSPS) is 29.7. The van der Waals surface area contributed by atoms with Crippen LogP contribution in [0.5, 0.6) is 0 Å². The van der Waals surface area contributed by atoms with Gasteiger partial charge in [0.25, 0.3) is 0 Å². The quantitative estimate of drug-likeness (QED) is 0.785. The summed E-state index contributed by atoms with van der Waals surface area (Å²) in [7, 11) is 0. The zero-order valence-corrected chi connectivity index (χ0v) is 14.9. The van der Waals surface area contributed by atoms with Crippen LogP contribution in [-0.4, -0.2) is 22.7 Å². The summed E-state index contributed by atoms with van der Waals surface area (Å²) in [5.41, 5.74) is 2.35. The molecule has 0 saturated carbocycles. The van der Waals surface area contributed by atoms with Crippen molar-refractivity contribution in [3.63, 3.8) is 0 Å². The van der Waals surface area contributed by atoms with E-state index >= 15 is 0 Å². The van der Waals surface area contributed by atoms with Crippen LogP contribution in [0, 0.1) is 5.41 Å². The lowest BCUT2D eigenvalue weighted by Crippen LogP contribution is -2.46. The molecule has 2 aromatic carbocycles. The number of thioether (sulfide) groups is 1. The first kappa shape index (κ1) is 15.4. The molecule has 1 N–H and O–H groups in total. The molecule has 4 heteroatoms. The fourth-order valence-electron chi connectivity index (χ4n) is 3.92. The zero-order valence-electron chi connectivity index (χ0n) is 12.5. The first-order chi connectivity index (χ1) is 11.1. The van der Waals surface area contributed by atoms with E-state index in [1.165, 1.54) is 0 Å². The first-order valence-electron chi connectivity index (χ1n) is 7.81. The Balaban J connectivity index is 1.81. The molecular formula is C19H17BrO2S. The number of benzene rings is 2. The van der Waals surface area contributed by atoms with Crippen LogP contribution in [0.3, 0.4) is 0 Å². The second kappa shape index (κ2) is 5.76. The van der Waals surface area contributed by atoms with E-state index in [2.05, 4.69) is 28.1 Å². The predicted molar refractivity (Wildman–Crippen MR) is 96.9 cm³/mol. The molecule has 0 radical (unpaired) electrons. The van der Waals surface area contributed by atoms with Crippen molar-refractivity contribution in [2.24, 2.45) is 5.41 Å². The van der Waals surface area contributed by atoms with E-state index < -0.39 is 11.5 Å². The molecule has 1 heterocycles. The van der Waals surface area contributed by atoms with E-state index in [-0.39, 0.29) is 11.0 Å². The number of Topliss-reactive ketones (excluding diaryl/α,β-unsaturated/α-hetero) is 1. The van der Waals surface area contributed by atoms with Gasteiger partial charge in [0, 0.05) is 21.0 Å². The summed E-state index contributed by atoms with van der Waals surface area (Å²) >= 11 is 5.17. The van der Waals surface area contributed by atoms with Crippen molar-refractivity contribution in [1.29, 1.82) is 0 Å². The highest BCUT2D eigenvalue weighted by atomic mass is 79.9. The first-order valence-corrected chi connectivity index (χ1v) is 9.65. The predicted octanol–water partition coefficient (Wildman–Crippen LogP) is 4.41. The number of rotatable bonds is 1. The van der Waals surface area contributed by atoms with Crippen LogP contribution in [0.25, 0.3) is 0 Å². The molecule has 1 aliphatic heterocycles. The number of aryl methyl sites for hydroxylation is 1. The molecule has 0 amide bonds. The highest BCUT2D eigenvalue weighted by molar-refractivity contribution is 9.10. The molecule has 1 fully saturated rings. The van der Waals surface area contributed by atoms with E-state index in [0.717, 1.165) is 34.0 Å². The van der Waals surface area contributed by atoms with Gasteiger partial charge >= 0.3 is 0 Å². The summed E-state index contributed by atoms with van der Waals surface area (Å²) < 4.78 is 1.03. The highest BCUT2D eigenvalue weighted by Crippen LogP contribution is 2.58. The Morgan fingerprint density at radius 3 is 2.65 bits per heavy atom. The van der Waals surface area contributed by atoms with Gasteiger partial charge in [-0.25, -0.2) is 0 Å². The van der Waals surface area contributed by atoms with E-state index in [9.17, 15) is 9.90 Å². The summed E-state index contributed by atoms with van der Waals surface area (Å²) in [4.78, 5) is 13.3. The van der Waals surface area contributed by atoms with E-state index in [1.807, 2.05) is 36.4 Å². The molecule has 4 rings (SSSR count). The Bertz CT molecular complexity index is 758. The molecule has 0 unspecified atom stereocenters. The van der Waals surface area contributed by atoms with Gasteiger partial charge in [0.15, 0.2) is 5.78 Å². The SMILES string of the molecule is O=C1c2ccccc2CC[C@]12[C@@H](c1ccc(Br)cc1)SC[C@@H]2O. The van der Waals surface area contributed by atoms with Gasteiger partial charge in [-0.15, -0.1) is 11.8 Å². The number of hydrogen-bond donors (Lipinski definition) is 1. The minimum atomic E-state index is -0.688. The van der Waals surface area contributed by atoms with Crippen molar-refractivity contribution in [2.75, 3.05) is 5.75 Å². The Morgan fingerprint density at radius 2 is 1.87 bits per heavy atom. The van der Waals surface area contributed by atoms with Gasteiger partial charge in [-0.1, -0.05) is 52.3 Å². The summed E-state index contributed by atoms with van der Waals surface area (Å²) in [6.45, 7) is 0. The van der Waals surface area contributed by atoms with Crippen molar-refractivity contribution < 1.29 is 9.90 Å². The van der Waals surface area contributed by atoms with Crippen LogP contribution >= 0.6 is 27.7 Å². The third-order valence-corrected chi connectivity index (χ3v) is 7.21. The Labute approximate surface area is 148 Å². The van der Waals surface area contributed by atoms with E-state index in [0.29, 0.717) is 5.75 Å². The number of ketones is 1. The third kappa shape index (κ3) is 2.31. The number of halogens is 1. The molecular weight excluding hydrogens is 372 g/mol. The number of fused-ring (bicyclic) bond motifs is 1. The summed E-state index contributed by atoms with van der Waals surface area (Å²) in [5.74, 6) is 0.735. The van der Waals surface area contributed by atoms with E-state index in [4.69, 9.17) is 0 Å². The fraction of sp³-hybridized carbons (Fsp3) is 0.316. The molecule has 2 nitrogen and oxygen atoms in total. The topological polar surface area (TPSA) is 37.3 Å². The second-order valence-corrected chi connectivity index (χ2v) is 8.36. The number of carbonyl (C=O) groups is 1. The van der Waals surface area contributed by atoms with Crippen molar-refractivity contribution in [2.45, 2.75) is 24.2 Å². The van der Waals surface area contributed by atoms with Crippen LogP contribution in [0.1, 0.15) is 33.2 Å². The van der Waals surface area contributed by atoms with Gasteiger partial charge in [0.2, 0.25) is 0 Å². The molecule has 2 aliphatic rings. The van der Waals surface area contributed by atoms with Crippen molar-refractivity contribution in [3.05, 3.63) is 69.7 Å². The monoisotopic (exact) mass is 388 g/mol. The molecule has 1 saturated heterocycles. The molecule has 1 aliphatic carbocycles.